The number of hydrogen-bond donors (Lipinski definition) is 2. The van der Waals surface area contributed by atoms with Gasteiger partial charge in [0.1, 0.15) is 16.9 Å². The van der Waals surface area contributed by atoms with Crippen LogP contribution in [0.15, 0.2) is 34.7 Å². The Kier molecular flexibility index (Phi) is 3.66. The molecule has 1 aromatic carbocycles. The van der Waals surface area contributed by atoms with E-state index in [1.54, 1.807) is 12.1 Å². The fourth-order valence-electron chi connectivity index (χ4n) is 1.69. The molecule has 2 N–H and O–H groups in total. The van der Waals surface area contributed by atoms with Gasteiger partial charge in [-0.3, -0.25) is 0 Å². The number of aliphatic hydroxyl groups is 1. The monoisotopic (exact) mass is 283 g/mol. The van der Waals surface area contributed by atoms with E-state index in [0.29, 0.717) is 11.3 Å². The lowest BCUT2D eigenvalue weighted by atomic mass is 10.0. The highest BCUT2D eigenvalue weighted by Gasteiger charge is 2.28. The first-order valence-corrected chi connectivity index (χ1v) is 7.68. The molecule has 0 bridgehead atoms. The van der Waals surface area contributed by atoms with E-state index in [9.17, 15) is 13.5 Å². The van der Waals surface area contributed by atoms with E-state index in [-0.39, 0.29) is 12.3 Å². The van der Waals surface area contributed by atoms with Crippen LogP contribution in [0.3, 0.4) is 0 Å². The molecule has 0 amide bonds. The predicted octanol–water partition coefficient (Wildman–Crippen LogP) is 1.58. The Hall–Kier alpha value is -1.37. The predicted molar refractivity (Wildman–Crippen MR) is 73.2 cm³/mol. The molecule has 0 aliphatic rings. The molecule has 0 fully saturated rings. The topological polar surface area (TPSA) is 79.5 Å². The molecule has 0 spiro atoms. The fourth-order valence-corrected chi connectivity index (χ4v) is 2.39. The summed E-state index contributed by atoms with van der Waals surface area (Å²) in [7, 11) is -3.34. The van der Waals surface area contributed by atoms with Gasteiger partial charge in [-0.2, -0.15) is 0 Å². The lowest BCUT2D eigenvalue weighted by Gasteiger charge is -2.20. The Bertz CT molecular complexity index is 640. The maximum atomic E-state index is 11.4. The van der Waals surface area contributed by atoms with Gasteiger partial charge in [0.15, 0.2) is 0 Å². The molecule has 0 radical (unpaired) electrons. The maximum Gasteiger partial charge on any atom is 0.211 e. The zero-order valence-corrected chi connectivity index (χ0v) is 11.7. The van der Waals surface area contributed by atoms with Gasteiger partial charge in [-0.15, -0.1) is 0 Å². The van der Waals surface area contributed by atoms with Gasteiger partial charge in [-0.25, -0.2) is 13.1 Å². The van der Waals surface area contributed by atoms with Crippen molar-refractivity contribution in [2.75, 3.05) is 12.3 Å². The van der Waals surface area contributed by atoms with E-state index in [4.69, 9.17) is 4.42 Å². The minimum atomic E-state index is -3.34. The molecule has 2 aromatic rings. The molecule has 0 aliphatic carbocycles. The van der Waals surface area contributed by atoms with Gasteiger partial charge in [0.05, 0.1) is 5.75 Å². The van der Waals surface area contributed by atoms with E-state index in [0.717, 1.165) is 5.39 Å². The Morgan fingerprint density at radius 2 is 2.05 bits per heavy atom. The van der Waals surface area contributed by atoms with E-state index < -0.39 is 15.6 Å². The number of sulfonamides is 1. The number of para-hydroxylation sites is 1. The van der Waals surface area contributed by atoms with Crippen LogP contribution in [0.5, 0.6) is 0 Å². The Balaban J connectivity index is 2.23. The summed E-state index contributed by atoms with van der Waals surface area (Å²) >= 11 is 0. The number of furan rings is 1. The van der Waals surface area contributed by atoms with Gasteiger partial charge >= 0.3 is 0 Å². The normalized spacial score (nSPS) is 15.5. The van der Waals surface area contributed by atoms with E-state index in [2.05, 4.69) is 4.72 Å². The van der Waals surface area contributed by atoms with Crippen molar-refractivity contribution < 1.29 is 17.9 Å². The molecule has 6 heteroatoms. The molecule has 1 atom stereocenters. The minimum Gasteiger partial charge on any atom is -0.458 e. The van der Waals surface area contributed by atoms with Gasteiger partial charge < -0.3 is 9.52 Å². The number of rotatable bonds is 5. The van der Waals surface area contributed by atoms with Crippen molar-refractivity contribution >= 4 is 21.0 Å². The third-order valence-corrected chi connectivity index (χ3v) is 4.32. The molecule has 19 heavy (non-hydrogen) atoms. The summed E-state index contributed by atoms with van der Waals surface area (Å²) in [4.78, 5) is 0. The molecule has 104 valence electrons. The highest BCUT2D eigenvalue weighted by Crippen LogP contribution is 2.27. The molecule has 2 rings (SSSR count). The maximum absolute atomic E-state index is 11.4. The van der Waals surface area contributed by atoms with Crippen LogP contribution < -0.4 is 4.72 Å². The first-order chi connectivity index (χ1) is 8.84. The van der Waals surface area contributed by atoms with Crippen LogP contribution in [0, 0.1) is 0 Å². The quantitative estimate of drug-likeness (QED) is 0.873. The SMILES string of the molecule is CCS(=O)(=O)NC[C@](C)(O)c1cc2ccccc2o1. The van der Waals surface area contributed by atoms with Crippen LogP contribution in [0.2, 0.25) is 0 Å². The number of hydrogen-bond acceptors (Lipinski definition) is 4. The van der Waals surface area contributed by atoms with Gasteiger partial charge in [-0.1, -0.05) is 18.2 Å². The van der Waals surface area contributed by atoms with Gasteiger partial charge in [-0.05, 0) is 26.0 Å². The van der Waals surface area contributed by atoms with Gasteiger partial charge in [0, 0.05) is 11.9 Å². The van der Waals surface area contributed by atoms with E-state index in [1.807, 2.05) is 18.2 Å². The Morgan fingerprint density at radius 3 is 2.68 bits per heavy atom. The largest absolute Gasteiger partial charge is 0.458 e. The number of benzene rings is 1. The van der Waals surface area contributed by atoms with Crippen LogP contribution in [0.4, 0.5) is 0 Å². The van der Waals surface area contributed by atoms with Crippen molar-refractivity contribution in [1.82, 2.24) is 4.72 Å². The molecule has 0 unspecified atom stereocenters. The summed E-state index contributed by atoms with van der Waals surface area (Å²) in [5.41, 5.74) is -0.725. The summed E-state index contributed by atoms with van der Waals surface area (Å²) in [6.45, 7) is 2.93. The molecule has 1 aromatic heterocycles. The zero-order valence-electron chi connectivity index (χ0n) is 10.9. The van der Waals surface area contributed by atoms with Crippen molar-refractivity contribution in [3.63, 3.8) is 0 Å². The fraction of sp³-hybridized carbons (Fsp3) is 0.385. The van der Waals surface area contributed by atoms with Crippen molar-refractivity contribution in [2.45, 2.75) is 19.4 Å². The summed E-state index contributed by atoms with van der Waals surface area (Å²) in [5, 5.41) is 11.2. The highest BCUT2D eigenvalue weighted by molar-refractivity contribution is 7.89. The lowest BCUT2D eigenvalue weighted by Crippen LogP contribution is -2.38. The van der Waals surface area contributed by atoms with Gasteiger partial charge in [0.2, 0.25) is 10.0 Å². The van der Waals surface area contributed by atoms with Gasteiger partial charge in [0.25, 0.3) is 0 Å². The first kappa shape index (κ1) is 14.0. The van der Waals surface area contributed by atoms with Crippen molar-refractivity contribution in [3.05, 3.63) is 36.1 Å². The van der Waals surface area contributed by atoms with Crippen LogP contribution in [0.25, 0.3) is 11.0 Å². The number of nitrogens with one attached hydrogen (secondary N) is 1. The Labute approximate surface area is 112 Å². The second-order valence-electron chi connectivity index (χ2n) is 4.65. The molecule has 1 heterocycles. The van der Waals surface area contributed by atoms with E-state index >= 15 is 0 Å². The summed E-state index contributed by atoms with van der Waals surface area (Å²) in [6, 6.07) is 9.09. The second-order valence-corrected chi connectivity index (χ2v) is 6.74. The average Bonchev–Trinajstić information content (AvgIpc) is 2.81. The minimum absolute atomic E-state index is 0.0246. The molecule has 5 nitrogen and oxygen atoms in total. The first-order valence-electron chi connectivity index (χ1n) is 6.03. The average molecular weight is 283 g/mol. The van der Waals surface area contributed by atoms with Crippen LogP contribution >= 0.6 is 0 Å². The second kappa shape index (κ2) is 4.96. The summed E-state index contributed by atoms with van der Waals surface area (Å²) in [5.74, 6) is 0.316. The summed E-state index contributed by atoms with van der Waals surface area (Å²) < 4.78 is 30.7. The smallest absolute Gasteiger partial charge is 0.211 e. The third kappa shape index (κ3) is 3.15. The summed E-state index contributed by atoms with van der Waals surface area (Å²) in [6.07, 6.45) is 0. The van der Waals surface area contributed by atoms with Crippen molar-refractivity contribution in [1.29, 1.82) is 0 Å². The van der Waals surface area contributed by atoms with Crippen molar-refractivity contribution in [3.8, 4) is 0 Å². The Morgan fingerprint density at radius 1 is 1.37 bits per heavy atom. The standard InChI is InChI=1S/C13H17NO4S/c1-3-19(16,17)14-9-13(2,15)12-8-10-6-4-5-7-11(10)18-12/h4-8,14-15H,3,9H2,1-2H3/t13-/m0/s1. The van der Waals surface area contributed by atoms with Crippen LogP contribution in [-0.2, 0) is 15.6 Å². The molecular formula is C13H17NO4S. The highest BCUT2D eigenvalue weighted by atomic mass is 32.2. The molecule has 0 saturated heterocycles. The van der Waals surface area contributed by atoms with E-state index in [1.165, 1.54) is 13.8 Å². The zero-order chi connectivity index (χ0) is 14.1. The van der Waals surface area contributed by atoms with Crippen LogP contribution in [0.1, 0.15) is 19.6 Å². The lowest BCUT2D eigenvalue weighted by molar-refractivity contribution is 0.0412. The molecule has 0 aliphatic heterocycles. The molecule has 0 saturated carbocycles. The molecular weight excluding hydrogens is 266 g/mol. The number of fused-ring (bicyclic) bond motifs is 1. The van der Waals surface area contributed by atoms with Crippen molar-refractivity contribution in [2.24, 2.45) is 0 Å². The third-order valence-electron chi connectivity index (χ3n) is 2.97. The van der Waals surface area contributed by atoms with Crippen LogP contribution in [-0.4, -0.2) is 25.8 Å².